The zero-order chi connectivity index (χ0) is 22.1. The van der Waals surface area contributed by atoms with Gasteiger partial charge in [0.05, 0.1) is 5.56 Å². The zero-order valence-electron chi connectivity index (χ0n) is 16.0. The van der Waals surface area contributed by atoms with E-state index in [1.165, 1.54) is 12.1 Å². The number of rotatable bonds is 4. The van der Waals surface area contributed by atoms with E-state index in [0.717, 1.165) is 16.8 Å². The topological polar surface area (TPSA) is 113 Å². The van der Waals surface area contributed by atoms with Crippen LogP contribution < -0.4 is 5.32 Å². The van der Waals surface area contributed by atoms with E-state index in [1.807, 2.05) is 30.3 Å². The summed E-state index contributed by atoms with van der Waals surface area (Å²) in [6.07, 6.45) is 0. The molecule has 0 heterocycles. The van der Waals surface area contributed by atoms with Gasteiger partial charge in [-0.3, -0.25) is 0 Å². The Balaban J connectivity index is 1.56. The van der Waals surface area contributed by atoms with Gasteiger partial charge in [-0.15, -0.1) is 0 Å². The van der Waals surface area contributed by atoms with Gasteiger partial charge in [0.1, 0.15) is 5.82 Å². The molecule has 0 aliphatic carbocycles. The summed E-state index contributed by atoms with van der Waals surface area (Å²) in [7, 11) is 0. The summed E-state index contributed by atoms with van der Waals surface area (Å²) in [5.41, 5.74) is 3.24. The third kappa shape index (κ3) is 3.76. The van der Waals surface area contributed by atoms with Crippen molar-refractivity contribution in [3.63, 3.8) is 0 Å². The van der Waals surface area contributed by atoms with Crippen molar-refractivity contribution >= 4 is 11.4 Å². The number of hydrogen-bond acceptors (Lipinski definition) is 6. The van der Waals surface area contributed by atoms with E-state index in [1.54, 1.807) is 30.3 Å². The first kappa shape index (κ1) is 19.9. The fourth-order valence-corrected chi connectivity index (χ4v) is 3.26. The Labute approximate surface area is 176 Å². The van der Waals surface area contributed by atoms with E-state index in [2.05, 4.69) is 5.32 Å². The Morgan fingerprint density at radius 2 is 1.00 bits per heavy atom. The maximum atomic E-state index is 13.4. The van der Waals surface area contributed by atoms with Gasteiger partial charge < -0.3 is 30.8 Å². The third-order valence-corrected chi connectivity index (χ3v) is 4.88. The van der Waals surface area contributed by atoms with Crippen LogP contribution in [0.15, 0.2) is 72.8 Å². The number of halogens is 1. The number of anilines is 2. The van der Waals surface area contributed by atoms with Crippen LogP contribution >= 0.6 is 0 Å². The molecule has 4 rings (SSSR count). The zero-order valence-corrected chi connectivity index (χ0v) is 16.0. The van der Waals surface area contributed by atoms with Crippen LogP contribution in [0.25, 0.3) is 22.3 Å². The number of phenolic OH excluding ortho intramolecular Hbond substituents is 5. The molecule has 7 heteroatoms. The first-order valence-corrected chi connectivity index (χ1v) is 9.27. The molecule has 0 spiro atoms. The van der Waals surface area contributed by atoms with Crippen LogP contribution in [0, 0.1) is 5.82 Å². The van der Waals surface area contributed by atoms with E-state index in [9.17, 15) is 29.9 Å². The highest BCUT2D eigenvalue weighted by molar-refractivity contribution is 5.85. The SMILES string of the molecule is Oc1c(O)c(O)c(-c2ccc(Nc3ccc(-c4cccc(F)c4)cc3)cc2)c(O)c1O. The molecule has 0 aromatic heterocycles. The first-order valence-electron chi connectivity index (χ1n) is 9.27. The first-order chi connectivity index (χ1) is 14.8. The van der Waals surface area contributed by atoms with Gasteiger partial charge in [0.15, 0.2) is 11.5 Å². The summed E-state index contributed by atoms with van der Waals surface area (Å²) in [5.74, 6) is -4.65. The van der Waals surface area contributed by atoms with Gasteiger partial charge in [-0.25, -0.2) is 4.39 Å². The molecule has 0 radical (unpaired) electrons. The molecule has 6 nitrogen and oxygen atoms in total. The summed E-state index contributed by atoms with van der Waals surface area (Å²) >= 11 is 0. The average Bonchev–Trinajstić information content (AvgIpc) is 2.78. The minimum Gasteiger partial charge on any atom is -0.504 e. The van der Waals surface area contributed by atoms with Crippen LogP contribution in [0.4, 0.5) is 15.8 Å². The molecule has 0 saturated carbocycles. The Kier molecular flexibility index (Phi) is 5.00. The lowest BCUT2D eigenvalue weighted by Crippen LogP contribution is -1.91. The molecule has 4 aromatic rings. The van der Waals surface area contributed by atoms with E-state index in [4.69, 9.17) is 0 Å². The predicted molar refractivity (Wildman–Crippen MR) is 115 cm³/mol. The molecule has 0 bridgehead atoms. The summed E-state index contributed by atoms with van der Waals surface area (Å²) in [4.78, 5) is 0. The second-order valence-electron chi connectivity index (χ2n) is 6.91. The van der Waals surface area contributed by atoms with Crippen molar-refractivity contribution in [3.8, 4) is 51.0 Å². The molecule has 0 aliphatic heterocycles. The van der Waals surface area contributed by atoms with Crippen molar-refractivity contribution in [2.45, 2.75) is 0 Å². The Morgan fingerprint density at radius 3 is 1.52 bits per heavy atom. The average molecular weight is 419 g/mol. The van der Waals surface area contributed by atoms with Crippen molar-refractivity contribution in [2.75, 3.05) is 5.32 Å². The Hall–Kier alpha value is -4.39. The van der Waals surface area contributed by atoms with Gasteiger partial charge in [-0.05, 0) is 53.1 Å². The predicted octanol–water partition coefficient (Wildman–Crippen LogP) is 5.43. The summed E-state index contributed by atoms with van der Waals surface area (Å²) in [5, 5.41) is 52.3. The van der Waals surface area contributed by atoms with Gasteiger partial charge in [-0.1, -0.05) is 36.4 Å². The van der Waals surface area contributed by atoms with E-state index in [0.29, 0.717) is 11.3 Å². The van der Waals surface area contributed by atoms with Gasteiger partial charge in [-0.2, -0.15) is 0 Å². The highest BCUT2D eigenvalue weighted by Gasteiger charge is 2.24. The van der Waals surface area contributed by atoms with Crippen LogP contribution in [0.1, 0.15) is 0 Å². The lowest BCUT2D eigenvalue weighted by Gasteiger charge is -2.13. The normalized spacial score (nSPS) is 10.7. The lowest BCUT2D eigenvalue weighted by atomic mass is 10.0. The molecule has 0 atom stereocenters. The standard InChI is InChI=1S/C24H18FNO5/c25-16-3-1-2-15(12-16)13-4-8-17(9-5-13)26-18-10-6-14(7-11-18)19-20(27)22(29)24(31)23(30)21(19)28/h1-12,26-31H. The number of nitrogens with one attached hydrogen (secondary N) is 1. The van der Waals surface area contributed by atoms with Gasteiger partial charge >= 0.3 is 0 Å². The number of phenols is 5. The van der Waals surface area contributed by atoms with Crippen molar-refractivity contribution in [1.29, 1.82) is 0 Å². The number of aromatic hydroxyl groups is 5. The van der Waals surface area contributed by atoms with Crippen molar-refractivity contribution in [2.24, 2.45) is 0 Å². The van der Waals surface area contributed by atoms with Gasteiger partial charge in [0.2, 0.25) is 17.2 Å². The number of hydrogen-bond donors (Lipinski definition) is 6. The Bertz CT molecular complexity index is 1230. The highest BCUT2D eigenvalue weighted by Crippen LogP contribution is 2.54. The van der Waals surface area contributed by atoms with Crippen LogP contribution in [0.2, 0.25) is 0 Å². The maximum Gasteiger partial charge on any atom is 0.208 e. The largest absolute Gasteiger partial charge is 0.504 e. The van der Waals surface area contributed by atoms with E-state index < -0.39 is 28.7 Å². The fraction of sp³-hybridized carbons (Fsp3) is 0. The molecule has 31 heavy (non-hydrogen) atoms. The van der Waals surface area contributed by atoms with Crippen LogP contribution in [-0.4, -0.2) is 25.5 Å². The van der Waals surface area contributed by atoms with Crippen LogP contribution in [-0.2, 0) is 0 Å². The van der Waals surface area contributed by atoms with Crippen molar-refractivity contribution < 1.29 is 29.9 Å². The van der Waals surface area contributed by atoms with Crippen molar-refractivity contribution in [1.82, 2.24) is 0 Å². The summed E-state index contributed by atoms with van der Waals surface area (Å²) < 4.78 is 13.4. The maximum absolute atomic E-state index is 13.4. The molecular weight excluding hydrogens is 401 g/mol. The van der Waals surface area contributed by atoms with Gasteiger partial charge in [0.25, 0.3) is 0 Å². The minimum absolute atomic E-state index is 0.209. The minimum atomic E-state index is -1.00. The smallest absolute Gasteiger partial charge is 0.208 e. The fourth-order valence-electron chi connectivity index (χ4n) is 3.26. The summed E-state index contributed by atoms with van der Waals surface area (Å²) in [6, 6.07) is 20.2. The van der Waals surface area contributed by atoms with Crippen LogP contribution in [0.5, 0.6) is 28.7 Å². The molecule has 0 aliphatic rings. The lowest BCUT2D eigenvalue weighted by molar-refractivity contribution is 0.330. The molecule has 6 N–H and O–H groups in total. The van der Waals surface area contributed by atoms with Gasteiger partial charge in [0, 0.05) is 11.4 Å². The van der Waals surface area contributed by atoms with E-state index in [-0.39, 0.29) is 11.4 Å². The second-order valence-corrected chi connectivity index (χ2v) is 6.91. The molecule has 0 saturated heterocycles. The molecule has 156 valence electrons. The van der Waals surface area contributed by atoms with Crippen LogP contribution in [0.3, 0.4) is 0 Å². The molecule has 0 unspecified atom stereocenters. The van der Waals surface area contributed by atoms with Crippen molar-refractivity contribution in [3.05, 3.63) is 78.6 Å². The second kappa shape index (κ2) is 7.79. The van der Waals surface area contributed by atoms with E-state index >= 15 is 0 Å². The molecular formula is C24H18FNO5. The third-order valence-electron chi connectivity index (χ3n) is 4.88. The molecule has 4 aromatic carbocycles. The quantitative estimate of drug-likeness (QED) is 0.194. The highest BCUT2D eigenvalue weighted by atomic mass is 19.1. The number of benzene rings is 4. The molecule has 0 fully saturated rings. The summed E-state index contributed by atoms with van der Waals surface area (Å²) in [6.45, 7) is 0. The Morgan fingerprint density at radius 1 is 0.516 bits per heavy atom. The molecule has 0 amide bonds. The monoisotopic (exact) mass is 419 g/mol.